The molecule has 1 aromatic heterocycles. The van der Waals surface area contributed by atoms with Crippen molar-refractivity contribution in [2.45, 2.75) is 6.61 Å². The largest absolute Gasteiger partial charge is 0.391 e. The molecule has 2 aromatic rings. The summed E-state index contributed by atoms with van der Waals surface area (Å²) in [7, 11) is 0. The average molecular weight is 218 g/mol. The van der Waals surface area contributed by atoms with Crippen LogP contribution in [0.2, 0.25) is 0 Å². The number of hydrogen-bond acceptors (Lipinski definition) is 4. The van der Waals surface area contributed by atoms with E-state index in [9.17, 15) is 0 Å². The Hall–Kier alpha value is -1.68. The van der Waals surface area contributed by atoms with Crippen molar-refractivity contribution in [1.82, 2.24) is 4.98 Å². The molecule has 0 N–H and O–H groups in total. The standard InChI is InChI=1S/C11H10N2OS/c1-2-4-10(5-3-1)7-14-13-6-11-8-15-9-12-11/h1-6,8-9H,7H2. The van der Waals surface area contributed by atoms with Gasteiger partial charge in [-0.3, -0.25) is 0 Å². The molecule has 0 aliphatic heterocycles. The van der Waals surface area contributed by atoms with Gasteiger partial charge < -0.3 is 4.84 Å². The minimum Gasteiger partial charge on any atom is -0.391 e. The van der Waals surface area contributed by atoms with Crippen LogP contribution in [-0.2, 0) is 11.4 Å². The van der Waals surface area contributed by atoms with Crippen molar-refractivity contribution in [2.75, 3.05) is 0 Å². The molecule has 1 aromatic carbocycles. The zero-order valence-corrected chi connectivity index (χ0v) is 8.85. The van der Waals surface area contributed by atoms with Crippen LogP contribution in [-0.4, -0.2) is 11.2 Å². The van der Waals surface area contributed by atoms with Crippen LogP contribution in [0.15, 0.2) is 46.4 Å². The van der Waals surface area contributed by atoms with Crippen LogP contribution in [0.5, 0.6) is 0 Å². The van der Waals surface area contributed by atoms with Crippen molar-refractivity contribution < 1.29 is 4.84 Å². The molecule has 0 saturated carbocycles. The maximum absolute atomic E-state index is 5.13. The number of thiazole rings is 1. The third-order valence-electron chi connectivity index (χ3n) is 1.78. The number of nitrogens with zero attached hydrogens (tertiary/aromatic N) is 2. The van der Waals surface area contributed by atoms with Crippen LogP contribution < -0.4 is 0 Å². The maximum Gasteiger partial charge on any atom is 0.142 e. The van der Waals surface area contributed by atoms with Gasteiger partial charge in [-0.15, -0.1) is 11.3 Å². The van der Waals surface area contributed by atoms with E-state index in [0.717, 1.165) is 11.3 Å². The van der Waals surface area contributed by atoms with Gasteiger partial charge in [-0.05, 0) is 5.56 Å². The van der Waals surface area contributed by atoms with E-state index < -0.39 is 0 Å². The van der Waals surface area contributed by atoms with E-state index in [-0.39, 0.29) is 0 Å². The molecule has 0 spiro atoms. The van der Waals surface area contributed by atoms with Crippen molar-refractivity contribution in [3.8, 4) is 0 Å². The van der Waals surface area contributed by atoms with Gasteiger partial charge in [0.25, 0.3) is 0 Å². The SMILES string of the molecule is C(=NOCc1ccccc1)c1cscn1. The molecule has 0 bridgehead atoms. The molecule has 3 nitrogen and oxygen atoms in total. The first-order valence-corrected chi connectivity index (χ1v) is 5.47. The molecular formula is C11H10N2OS. The predicted octanol–water partition coefficient (Wildman–Crippen LogP) is 2.69. The van der Waals surface area contributed by atoms with Gasteiger partial charge in [0.15, 0.2) is 0 Å². The summed E-state index contributed by atoms with van der Waals surface area (Å²) in [6, 6.07) is 9.92. The summed E-state index contributed by atoms with van der Waals surface area (Å²) >= 11 is 1.54. The van der Waals surface area contributed by atoms with Crippen molar-refractivity contribution >= 4 is 17.6 Å². The number of rotatable bonds is 4. The smallest absolute Gasteiger partial charge is 0.142 e. The van der Waals surface area contributed by atoms with Gasteiger partial charge in [0.1, 0.15) is 6.61 Å². The van der Waals surface area contributed by atoms with Crippen LogP contribution in [0.25, 0.3) is 0 Å². The first kappa shape index (κ1) is 9.86. The highest BCUT2D eigenvalue weighted by atomic mass is 32.1. The third kappa shape index (κ3) is 3.18. The van der Waals surface area contributed by atoms with E-state index in [4.69, 9.17) is 4.84 Å². The van der Waals surface area contributed by atoms with Crippen LogP contribution in [0.1, 0.15) is 11.3 Å². The molecule has 0 aliphatic rings. The summed E-state index contributed by atoms with van der Waals surface area (Å²) in [6.07, 6.45) is 1.61. The van der Waals surface area contributed by atoms with E-state index in [2.05, 4.69) is 10.1 Å². The number of hydrogen-bond donors (Lipinski definition) is 0. The highest BCUT2D eigenvalue weighted by Crippen LogP contribution is 2.01. The van der Waals surface area contributed by atoms with Crippen LogP contribution in [0.4, 0.5) is 0 Å². The van der Waals surface area contributed by atoms with Crippen LogP contribution in [0.3, 0.4) is 0 Å². The van der Waals surface area contributed by atoms with Crippen molar-refractivity contribution in [3.05, 3.63) is 52.5 Å². The Balaban J connectivity index is 1.80. The third-order valence-corrected chi connectivity index (χ3v) is 2.39. The Morgan fingerprint density at radius 1 is 1.33 bits per heavy atom. The van der Waals surface area contributed by atoms with Crippen molar-refractivity contribution in [1.29, 1.82) is 0 Å². The monoisotopic (exact) mass is 218 g/mol. The second-order valence-electron chi connectivity index (χ2n) is 2.91. The summed E-state index contributed by atoms with van der Waals surface area (Å²) in [5, 5.41) is 5.74. The lowest BCUT2D eigenvalue weighted by Crippen LogP contribution is -1.87. The fourth-order valence-corrected chi connectivity index (χ4v) is 1.57. The Morgan fingerprint density at radius 3 is 2.93 bits per heavy atom. The molecule has 0 unspecified atom stereocenters. The van der Waals surface area contributed by atoms with Gasteiger partial charge in [0, 0.05) is 5.38 Å². The van der Waals surface area contributed by atoms with Gasteiger partial charge >= 0.3 is 0 Å². The fraction of sp³-hybridized carbons (Fsp3) is 0.0909. The van der Waals surface area contributed by atoms with Gasteiger partial charge in [-0.25, -0.2) is 4.98 Å². The average Bonchev–Trinajstić information content (AvgIpc) is 2.79. The number of aromatic nitrogens is 1. The van der Waals surface area contributed by atoms with Gasteiger partial charge in [-0.2, -0.15) is 0 Å². The Labute approximate surface area is 92.0 Å². The summed E-state index contributed by atoms with van der Waals surface area (Å²) in [5.74, 6) is 0. The summed E-state index contributed by atoms with van der Waals surface area (Å²) in [6.45, 7) is 0.488. The molecule has 0 atom stereocenters. The maximum atomic E-state index is 5.13. The fourth-order valence-electron chi connectivity index (χ4n) is 1.06. The topological polar surface area (TPSA) is 34.5 Å². The Kier molecular flexibility index (Phi) is 3.46. The lowest BCUT2D eigenvalue weighted by Gasteiger charge is -1.97. The predicted molar refractivity (Wildman–Crippen MR) is 60.9 cm³/mol. The van der Waals surface area contributed by atoms with Gasteiger partial charge in [0.2, 0.25) is 0 Å². The minimum atomic E-state index is 0.488. The summed E-state index contributed by atoms with van der Waals surface area (Å²) in [4.78, 5) is 9.18. The molecule has 0 aliphatic carbocycles. The summed E-state index contributed by atoms with van der Waals surface area (Å²) < 4.78 is 0. The molecule has 4 heteroatoms. The second-order valence-corrected chi connectivity index (χ2v) is 3.63. The minimum absolute atomic E-state index is 0.488. The highest BCUT2D eigenvalue weighted by Gasteiger charge is 1.90. The lowest BCUT2D eigenvalue weighted by molar-refractivity contribution is 0.132. The molecule has 0 fully saturated rings. The van der Waals surface area contributed by atoms with E-state index in [0.29, 0.717) is 6.61 Å². The zero-order valence-electron chi connectivity index (χ0n) is 8.04. The van der Waals surface area contributed by atoms with E-state index in [1.165, 1.54) is 11.3 Å². The highest BCUT2D eigenvalue weighted by molar-refractivity contribution is 7.07. The normalized spacial score (nSPS) is 10.7. The first-order chi connectivity index (χ1) is 7.45. The van der Waals surface area contributed by atoms with Crippen LogP contribution >= 0.6 is 11.3 Å². The van der Waals surface area contributed by atoms with Crippen molar-refractivity contribution in [2.24, 2.45) is 5.16 Å². The van der Waals surface area contributed by atoms with E-state index in [1.54, 1.807) is 11.7 Å². The number of oxime groups is 1. The van der Waals surface area contributed by atoms with Crippen LogP contribution in [0, 0.1) is 0 Å². The molecule has 2 rings (SSSR count). The van der Waals surface area contributed by atoms with Crippen molar-refractivity contribution in [3.63, 3.8) is 0 Å². The second kappa shape index (κ2) is 5.26. The van der Waals surface area contributed by atoms with E-state index in [1.807, 2.05) is 35.7 Å². The van der Waals surface area contributed by atoms with Gasteiger partial charge in [-0.1, -0.05) is 35.5 Å². The zero-order chi connectivity index (χ0) is 10.3. The Morgan fingerprint density at radius 2 is 2.20 bits per heavy atom. The Bertz CT molecular complexity index is 411. The molecule has 0 amide bonds. The molecule has 0 radical (unpaired) electrons. The molecular weight excluding hydrogens is 208 g/mol. The molecule has 0 saturated heterocycles. The van der Waals surface area contributed by atoms with E-state index >= 15 is 0 Å². The number of benzene rings is 1. The van der Waals surface area contributed by atoms with Gasteiger partial charge in [0.05, 0.1) is 17.4 Å². The quantitative estimate of drug-likeness (QED) is 0.584. The lowest BCUT2D eigenvalue weighted by atomic mass is 10.2. The molecule has 76 valence electrons. The molecule has 15 heavy (non-hydrogen) atoms. The first-order valence-electron chi connectivity index (χ1n) is 4.52. The summed E-state index contributed by atoms with van der Waals surface area (Å²) in [5.41, 5.74) is 3.69. The molecule has 1 heterocycles.